The topological polar surface area (TPSA) is 32.3 Å². The van der Waals surface area contributed by atoms with Gasteiger partial charge in [0.25, 0.3) is 0 Å². The minimum atomic E-state index is 0.162. The van der Waals surface area contributed by atoms with Gasteiger partial charge >= 0.3 is 0 Å². The second-order valence-corrected chi connectivity index (χ2v) is 5.74. The van der Waals surface area contributed by atoms with Crippen molar-refractivity contribution in [1.82, 2.24) is 5.32 Å². The van der Waals surface area contributed by atoms with E-state index in [9.17, 15) is 0 Å². The van der Waals surface area contributed by atoms with Crippen molar-refractivity contribution in [2.24, 2.45) is 0 Å². The van der Waals surface area contributed by atoms with Crippen LogP contribution < -0.4 is 5.32 Å². The van der Waals surface area contributed by atoms with Crippen molar-refractivity contribution >= 4 is 0 Å². The molecule has 0 bridgehead atoms. The highest BCUT2D eigenvalue weighted by molar-refractivity contribution is 5.28. The van der Waals surface area contributed by atoms with E-state index in [4.69, 9.17) is 5.11 Å². The van der Waals surface area contributed by atoms with Gasteiger partial charge in [0.2, 0.25) is 0 Å². The van der Waals surface area contributed by atoms with E-state index in [1.807, 2.05) is 6.07 Å². The summed E-state index contributed by atoms with van der Waals surface area (Å²) < 4.78 is 0. The number of aliphatic hydroxyl groups excluding tert-OH is 1. The van der Waals surface area contributed by atoms with E-state index in [0.717, 1.165) is 6.42 Å². The number of hydrogen-bond donors (Lipinski definition) is 2. The Balaban J connectivity index is 2.14. The van der Waals surface area contributed by atoms with Gasteiger partial charge in [-0.25, -0.2) is 0 Å². The van der Waals surface area contributed by atoms with Crippen molar-refractivity contribution in [3.63, 3.8) is 0 Å². The summed E-state index contributed by atoms with van der Waals surface area (Å²) in [6.07, 6.45) is 0.932. The van der Waals surface area contributed by atoms with E-state index in [1.54, 1.807) is 0 Å². The molecule has 0 radical (unpaired) electrons. The first-order valence-corrected chi connectivity index (χ1v) is 7.68. The maximum Gasteiger partial charge on any atom is 0.0556 e. The van der Waals surface area contributed by atoms with Crippen LogP contribution in [0.5, 0.6) is 0 Å². The van der Waals surface area contributed by atoms with Crippen molar-refractivity contribution in [2.75, 3.05) is 13.2 Å². The van der Waals surface area contributed by atoms with E-state index in [-0.39, 0.29) is 12.6 Å². The molecule has 0 aliphatic rings. The first kappa shape index (κ1) is 15.7. The fourth-order valence-electron chi connectivity index (χ4n) is 2.51. The summed E-state index contributed by atoms with van der Waals surface area (Å²) in [5.41, 5.74) is 3.94. The lowest BCUT2D eigenvalue weighted by Gasteiger charge is -2.20. The highest BCUT2D eigenvalue weighted by Gasteiger charge is 2.12. The predicted octanol–water partition coefficient (Wildman–Crippen LogP) is 3.68. The number of benzene rings is 2. The van der Waals surface area contributed by atoms with E-state index in [1.165, 1.54) is 16.7 Å². The van der Waals surface area contributed by atoms with E-state index < -0.39 is 0 Å². The highest BCUT2D eigenvalue weighted by atomic mass is 16.3. The largest absolute Gasteiger partial charge is 0.395 e. The Bertz CT molecular complexity index is 519. The minimum absolute atomic E-state index is 0.162. The molecule has 112 valence electrons. The van der Waals surface area contributed by atoms with Crippen LogP contribution in [0, 0.1) is 0 Å². The maximum absolute atomic E-state index is 9.08. The molecule has 1 atom stereocenters. The average molecular weight is 283 g/mol. The fourth-order valence-corrected chi connectivity index (χ4v) is 2.51. The molecule has 0 aliphatic heterocycles. The zero-order valence-electron chi connectivity index (χ0n) is 12.9. The van der Waals surface area contributed by atoms with Crippen LogP contribution >= 0.6 is 0 Å². The van der Waals surface area contributed by atoms with Crippen LogP contribution in [0.15, 0.2) is 54.6 Å². The second kappa shape index (κ2) is 7.96. The van der Waals surface area contributed by atoms with E-state index in [2.05, 4.69) is 67.7 Å². The Morgan fingerprint density at radius 1 is 0.905 bits per heavy atom. The Morgan fingerprint density at radius 3 is 2.10 bits per heavy atom. The standard InChI is InChI=1S/C19H25NO/c1-15(2)17-8-10-18(11-9-17)19(20-12-13-21)14-16-6-4-3-5-7-16/h3-11,15,19-21H,12-14H2,1-2H3. The molecular formula is C19H25NO. The van der Waals surface area contributed by atoms with Crippen LogP contribution in [-0.2, 0) is 6.42 Å². The first-order chi connectivity index (χ1) is 10.2. The lowest BCUT2D eigenvalue weighted by molar-refractivity contribution is 0.284. The molecule has 1 unspecified atom stereocenters. The van der Waals surface area contributed by atoms with Gasteiger partial charge in [-0.15, -0.1) is 0 Å². The Kier molecular flexibility index (Phi) is 5.97. The highest BCUT2D eigenvalue weighted by Crippen LogP contribution is 2.21. The molecule has 2 nitrogen and oxygen atoms in total. The van der Waals surface area contributed by atoms with Gasteiger partial charge in [-0.05, 0) is 29.0 Å². The Hall–Kier alpha value is -1.64. The smallest absolute Gasteiger partial charge is 0.0556 e. The third-order valence-electron chi connectivity index (χ3n) is 3.79. The monoisotopic (exact) mass is 283 g/mol. The fraction of sp³-hybridized carbons (Fsp3) is 0.368. The summed E-state index contributed by atoms with van der Waals surface area (Å²) in [6.45, 7) is 5.19. The molecule has 2 N–H and O–H groups in total. The molecule has 0 saturated carbocycles. The zero-order chi connectivity index (χ0) is 15.1. The van der Waals surface area contributed by atoms with Gasteiger partial charge in [0.05, 0.1) is 6.61 Å². The van der Waals surface area contributed by atoms with Crippen LogP contribution in [0.4, 0.5) is 0 Å². The van der Waals surface area contributed by atoms with Gasteiger partial charge in [0.15, 0.2) is 0 Å². The third kappa shape index (κ3) is 4.69. The van der Waals surface area contributed by atoms with Crippen LogP contribution in [0.3, 0.4) is 0 Å². The van der Waals surface area contributed by atoms with Crippen molar-refractivity contribution in [3.8, 4) is 0 Å². The molecule has 0 heterocycles. The summed E-state index contributed by atoms with van der Waals surface area (Å²) in [5.74, 6) is 0.553. The van der Waals surface area contributed by atoms with Crippen molar-refractivity contribution in [3.05, 3.63) is 71.3 Å². The van der Waals surface area contributed by atoms with Crippen LogP contribution in [0.2, 0.25) is 0 Å². The van der Waals surface area contributed by atoms with Gasteiger partial charge in [0, 0.05) is 12.6 Å². The number of hydrogen-bond acceptors (Lipinski definition) is 2. The minimum Gasteiger partial charge on any atom is -0.395 e. The summed E-state index contributed by atoms with van der Waals surface area (Å²) in [4.78, 5) is 0. The number of nitrogens with one attached hydrogen (secondary N) is 1. The van der Waals surface area contributed by atoms with Crippen molar-refractivity contribution < 1.29 is 5.11 Å². The molecule has 2 aromatic carbocycles. The quantitative estimate of drug-likeness (QED) is 0.812. The lowest BCUT2D eigenvalue weighted by Crippen LogP contribution is -2.26. The second-order valence-electron chi connectivity index (χ2n) is 5.74. The molecule has 0 fully saturated rings. The molecule has 2 heteroatoms. The van der Waals surface area contributed by atoms with Crippen LogP contribution in [-0.4, -0.2) is 18.3 Å². The van der Waals surface area contributed by atoms with E-state index in [0.29, 0.717) is 12.5 Å². The predicted molar refractivity (Wildman–Crippen MR) is 88.5 cm³/mol. The van der Waals surface area contributed by atoms with Crippen molar-refractivity contribution in [1.29, 1.82) is 0 Å². The molecule has 0 amide bonds. The zero-order valence-corrected chi connectivity index (χ0v) is 12.9. The molecule has 0 saturated heterocycles. The van der Waals surface area contributed by atoms with Crippen molar-refractivity contribution in [2.45, 2.75) is 32.2 Å². The number of aliphatic hydroxyl groups is 1. The Morgan fingerprint density at radius 2 is 1.52 bits per heavy atom. The van der Waals surface area contributed by atoms with Crippen LogP contribution in [0.25, 0.3) is 0 Å². The van der Waals surface area contributed by atoms with E-state index >= 15 is 0 Å². The normalized spacial score (nSPS) is 12.6. The van der Waals surface area contributed by atoms with Gasteiger partial charge < -0.3 is 10.4 Å². The molecule has 2 rings (SSSR count). The third-order valence-corrected chi connectivity index (χ3v) is 3.79. The van der Waals surface area contributed by atoms with Gasteiger partial charge in [0.1, 0.15) is 0 Å². The van der Waals surface area contributed by atoms with Gasteiger partial charge in [-0.1, -0.05) is 68.4 Å². The summed E-state index contributed by atoms with van der Waals surface area (Å²) in [6, 6.07) is 19.5. The molecular weight excluding hydrogens is 258 g/mol. The molecule has 0 aliphatic carbocycles. The molecule has 0 spiro atoms. The molecule has 21 heavy (non-hydrogen) atoms. The maximum atomic E-state index is 9.08. The molecule has 2 aromatic rings. The molecule has 0 aromatic heterocycles. The van der Waals surface area contributed by atoms with Gasteiger partial charge in [-0.3, -0.25) is 0 Å². The van der Waals surface area contributed by atoms with Gasteiger partial charge in [-0.2, -0.15) is 0 Å². The van der Waals surface area contributed by atoms with Crippen LogP contribution in [0.1, 0.15) is 42.5 Å². The Labute approximate surface area is 127 Å². The SMILES string of the molecule is CC(C)c1ccc(C(Cc2ccccc2)NCCO)cc1. The summed E-state index contributed by atoms with van der Waals surface area (Å²) >= 11 is 0. The number of rotatable bonds is 7. The average Bonchev–Trinajstić information content (AvgIpc) is 2.52. The first-order valence-electron chi connectivity index (χ1n) is 7.68. The summed E-state index contributed by atoms with van der Waals surface area (Å²) in [7, 11) is 0. The summed E-state index contributed by atoms with van der Waals surface area (Å²) in [5, 5.41) is 12.5. The lowest BCUT2D eigenvalue weighted by atomic mass is 9.95.